The molecule has 0 rings (SSSR count). The minimum atomic E-state index is -5.13. The van der Waals surface area contributed by atoms with E-state index < -0.39 is 21.6 Å². The molecule has 0 heterocycles. The maximum absolute atomic E-state index is 10.4. The molecule has 1 atom stereocenters. The van der Waals surface area contributed by atoms with Crippen LogP contribution >= 0.6 is 15.6 Å². The van der Waals surface area contributed by atoms with Gasteiger partial charge in [-0.1, -0.05) is 0 Å². The fourth-order valence-electron chi connectivity index (χ4n) is 0.314. The Labute approximate surface area is 148 Å². The van der Waals surface area contributed by atoms with Crippen LogP contribution in [0, 0.1) is 0 Å². The summed E-state index contributed by atoms with van der Waals surface area (Å²) in [6.07, 6.45) is 0. The van der Waals surface area contributed by atoms with E-state index in [2.05, 4.69) is 8.83 Å². The molecule has 0 aliphatic rings. The Morgan fingerprint density at radius 3 is 1.67 bits per heavy atom. The Morgan fingerprint density at radius 1 is 1.13 bits per heavy atom. The number of carbonyl (C=O) groups excluding carboxylic acids is 1. The average Bonchev–Trinajstić information content (AvgIpc) is 1.48. The summed E-state index contributed by atoms with van der Waals surface area (Å²) in [6, 6.07) is 0. The first-order valence-electron chi connectivity index (χ1n) is 2.42. The number of carbonyl (C=O) groups is 1. The third kappa shape index (κ3) is 19.1. The second-order valence-corrected chi connectivity index (χ2v) is 4.38. The van der Waals surface area contributed by atoms with Gasteiger partial charge in [0.25, 0.3) is 0 Å². The van der Waals surface area contributed by atoms with E-state index in [0.717, 1.165) is 6.92 Å². The zero-order valence-corrected chi connectivity index (χ0v) is 7.57. The van der Waals surface area contributed by atoms with Crippen LogP contribution in [0.4, 0.5) is 0 Å². The Bertz CT molecular complexity index is 276. The van der Waals surface area contributed by atoms with Gasteiger partial charge in [0.2, 0.25) is 0 Å². The first-order valence-corrected chi connectivity index (χ1v) is 5.45. The zero-order chi connectivity index (χ0) is 9.99. The molecule has 0 aromatic rings. The van der Waals surface area contributed by atoms with Crippen LogP contribution in [0.1, 0.15) is 6.92 Å². The summed E-state index contributed by atoms with van der Waals surface area (Å²) in [5.74, 6) is -1.19. The second kappa shape index (κ2) is 10.5. The molecular weight excluding hydrogens is 303 g/mol. The topological polar surface area (TPSA) is 130 Å². The summed E-state index contributed by atoms with van der Waals surface area (Å²) in [6.45, 7) is 0.784. The molecule has 0 aromatic carbocycles. The van der Waals surface area contributed by atoms with E-state index in [-0.39, 0.29) is 83.8 Å². The molecule has 13 heteroatoms. The fourth-order valence-corrected chi connectivity index (χ4v) is 1.85. The van der Waals surface area contributed by atoms with Crippen molar-refractivity contribution in [3.8, 4) is 0 Å². The third-order valence-corrected chi connectivity index (χ3v) is 2.62. The molecular formula is C2H12CaMg2O8P2. The van der Waals surface area contributed by atoms with E-state index in [1.165, 1.54) is 0 Å². The number of hydrogen-bond donors (Lipinski definition) is 3. The molecule has 0 spiro atoms. The van der Waals surface area contributed by atoms with Crippen molar-refractivity contribution in [1.82, 2.24) is 0 Å². The van der Waals surface area contributed by atoms with Crippen LogP contribution in [0.15, 0.2) is 0 Å². The van der Waals surface area contributed by atoms with Gasteiger partial charge >= 0.3 is 105 Å². The van der Waals surface area contributed by atoms with E-state index in [9.17, 15) is 13.9 Å². The molecule has 0 aliphatic heterocycles. The van der Waals surface area contributed by atoms with Crippen LogP contribution in [0.2, 0.25) is 0 Å². The Hall–Kier alpha value is 2.56. The standard InChI is InChI=1S/C2H6O8P2.Ca.2Mg.6H/c1-2(3)9-12(7,8)10-11(4,5)6;;;;;;;;;/h1H3,(H,7,8)(H2,4,5,6);;;;;;;;;. The predicted octanol–water partition coefficient (Wildman–Crippen LogP) is -2.99. The van der Waals surface area contributed by atoms with E-state index in [1.807, 2.05) is 0 Å². The van der Waals surface area contributed by atoms with Crippen LogP contribution in [-0.4, -0.2) is 104 Å². The summed E-state index contributed by atoms with van der Waals surface area (Å²) < 4.78 is 27.3. The minimum absolute atomic E-state index is 0. The van der Waals surface area contributed by atoms with Crippen LogP contribution in [0.5, 0.6) is 0 Å². The van der Waals surface area contributed by atoms with Gasteiger partial charge in [0.05, 0.1) is 0 Å². The molecule has 0 fully saturated rings. The number of hydrogen-bond acceptors (Lipinski definition) is 5. The monoisotopic (exact) mass is 314 g/mol. The van der Waals surface area contributed by atoms with E-state index in [0.29, 0.717) is 0 Å². The Kier molecular flexibility index (Phi) is 18.3. The molecule has 0 saturated heterocycles. The van der Waals surface area contributed by atoms with Gasteiger partial charge in [0.15, 0.2) is 0 Å². The van der Waals surface area contributed by atoms with Crippen molar-refractivity contribution in [3.05, 3.63) is 0 Å². The average molecular weight is 315 g/mol. The fraction of sp³-hybridized carbons (Fsp3) is 0.500. The normalized spacial score (nSPS) is 13.3. The van der Waals surface area contributed by atoms with Crippen LogP contribution in [0.3, 0.4) is 0 Å². The van der Waals surface area contributed by atoms with Crippen molar-refractivity contribution in [2.45, 2.75) is 6.92 Å². The molecule has 0 amide bonds. The summed E-state index contributed by atoms with van der Waals surface area (Å²) in [5.41, 5.74) is 0. The first kappa shape index (κ1) is 26.2. The zero-order valence-electron chi connectivity index (χ0n) is 5.78. The summed E-state index contributed by atoms with van der Waals surface area (Å²) in [5, 5.41) is 0. The smallest absolute Gasteiger partial charge is 0.316 e. The quantitative estimate of drug-likeness (QED) is 0.371. The van der Waals surface area contributed by atoms with Crippen molar-refractivity contribution >= 4 is 105 Å². The molecule has 3 N–H and O–H groups in total. The molecule has 0 saturated carbocycles. The molecule has 0 radical (unpaired) electrons. The number of rotatable bonds is 3. The van der Waals surface area contributed by atoms with Gasteiger partial charge < -0.3 is 14.3 Å². The van der Waals surface area contributed by atoms with Crippen molar-refractivity contribution in [3.63, 3.8) is 0 Å². The molecule has 8 nitrogen and oxygen atoms in total. The van der Waals surface area contributed by atoms with Gasteiger partial charge in [-0.25, -0.2) is 9.13 Å². The van der Waals surface area contributed by atoms with E-state index in [4.69, 9.17) is 14.7 Å². The molecule has 84 valence electrons. The first-order chi connectivity index (χ1) is 5.12. The largest absolute Gasteiger partial charge is 0.316 e. The molecule has 0 aromatic heterocycles. The van der Waals surface area contributed by atoms with E-state index >= 15 is 0 Å². The van der Waals surface area contributed by atoms with Crippen molar-refractivity contribution < 1.29 is 37.4 Å². The predicted molar refractivity (Wildman–Crippen MR) is 60.4 cm³/mol. The van der Waals surface area contributed by atoms with Crippen LogP contribution in [0.25, 0.3) is 0 Å². The molecule has 0 aliphatic carbocycles. The van der Waals surface area contributed by atoms with Crippen molar-refractivity contribution in [2.75, 3.05) is 0 Å². The maximum atomic E-state index is 10.4. The minimum Gasteiger partial charge on any atom is 0.316 e. The summed E-state index contributed by atoms with van der Waals surface area (Å²) >= 11 is 0. The third-order valence-electron chi connectivity index (χ3n) is 0.453. The van der Waals surface area contributed by atoms with Gasteiger partial charge in [-0.2, -0.15) is 4.31 Å². The Balaban J connectivity index is -0.000000202. The van der Waals surface area contributed by atoms with Crippen molar-refractivity contribution in [2.24, 2.45) is 0 Å². The van der Waals surface area contributed by atoms with E-state index in [1.54, 1.807) is 0 Å². The number of phosphoric ester groups is 1. The van der Waals surface area contributed by atoms with Gasteiger partial charge in [0, 0.05) is 6.92 Å². The maximum Gasteiger partial charge on any atom is 0.316 e. The SMILES string of the molecule is CC(=O)OP(=O)(O)OP(=O)(O)O.[CaH2].[MgH2].[MgH2]. The van der Waals surface area contributed by atoms with Gasteiger partial charge in [-0.05, 0) is 0 Å². The number of phosphoric acid groups is 2. The molecule has 15 heavy (non-hydrogen) atoms. The van der Waals surface area contributed by atoms with Gasteiger partial charge in [-0.3, -0.25) is 9.69 Å². The van der Waals surface area contributed by atoms with Gasteiger partial charge in [-0.15, -0.1) is 0 Å². The van der Waals surface area contributed by atoms with Crippen LogP contribution in [-0.2, 0) is 22.8 Å². The summed E-state index contributed by atoms with van der Waals surface area (Å²) in [4.78, 5) is 34.5. The van der Waals surface area contributed by atoms with Crippen molar-refractivity contribution in [1.29, 1.82) is 0 Å². The molecule has 0 bridgehead atoms. The second-order valence-electron chi connectivity index (χ2n) is 1.62. The Morgan fingerprint density at radius 2 is 1.47 bits per heavy atom. The van der Waals surface area contributed by atoms with Crippen LogP contribution < -0.4 is 0 Å². The summed E-state index contributed by atoms with van der Waals surface area (Å²) in [7, 11) is -10.1. The molecule has 1 unspecified atom stereocenters. The van der Waals surface area contributed by atoms with Gasteiger partial charge in [0.1, 0.15) is 0 Å².